The normalized spacial score (nSPS) is 49.1. The van der Waals surface area contributed by atoms with Gasteiger partial charge in [-0.05, 0) is 35.0 Å². The molecule has 0 aromatic heterocycles. The van der Waals surface area contributed by atoms with Crippen LogP contribution in [0.1, 0.15) is 47.0 Å². The molecule has 1 heteroatoms. The molecular formula is C15H22O. The van der Waals surface area contributed by atoms with Crippen molar-refractivity contribution in [3.05, 3.63) is 11.6 Å². The number of fused-ring (bicyclic) bond motifs is 3. The lowest BCUT2D eigenvalue weighted by Crippen LogP contribution is -2.39. The molecule has 0 spiro atoms. The number of rotatable bonds is 0. The van der Waals surface area contributed by atoms with Crippen LogP contribution in [-0.4, -0.2) is 5.78 Å². The Balaban J connectivity index is 2.03. The molecule has 2 fully saturated rings. The Morgan fingerprint density at radius 1 is 1.31 bits per heavy atom. The summed E-state index contributed by atoms with van der Waals surface area (Å²) in [5.41, 5.74) is 2.28. The van der Waals surface area contributed by atoms with Gasteiger partial charge in [-0.3, -0.25) is 4.79 Å². The Hall–Kier alpha value is -0.590. The van der Waals surface area contributed by atoms with Crippen LogP contribution in [-0.2, 0) is 4.79 Å². The van der Waals surface area contributed by atoms with Gasteiger partial charge >= 0.3 is 0 Å². The van der Waals surface area contributed by atoms with Crippen LogP contribution in [0.3, 0.4) is 0 Å². The van der Waals surface area contributed by atoms with Crippen LogP contribution in [0.2, 0.25) is 0 Å². The second-order valence-corrected chi connectivity index (χ2v) is 6.97. The maximum atomic E-state index is 11.7. The molecule has 0 bridgehead atoms. The summed E-state index contributed by atoms with van der Waals surface area (Å²) in [5.74, 6) is 2.68. The Bertz CT molecular complexity index is 390. The average molecular weight is 218 g/mol. The first-order valence-corrected chi connectivity index (χ1v) is 6.59. The van der Waals surface area contributed by atoms with E-state index < -0.39 is 0 Å². The molecule has 0 aromatic carbocycles. The molecule has 88 valence electrons. The molecule has 0 radical (unpaired) electrons. The molecule has 4 atom stereocenters. The molecule has 0 aliphatic heterocycles. The maximum Gasteiger partial charge on any atom is 0.137 e. The van der Waals surface area contributed by atoms with Crippen LogP contribution in [0, 0.1) is 28.6 Å². The van der Waals surface area contributed by atoms with Gasteiger partial charge in [0.1, 0.15) is 5.78 Å². The lowest BCUT2D eigenvalue weighted by molar-refractivity contribution is -0.122. The van der Waals surface area contributed by atoms with E-state index >= 15 is 0 Å². The number of carbonyl (C=O) groups is 1. The summed E-state index contributed by atoms with van der Waals surface area (Å²) >= 11 is 0. The van der Waals surface area contributed by atoms with E-state index in [1.807, 2.05) is 0 Å². The van der Waals surface area contributed by atoms with Crippen LogP contribution in [0.25, 0.3) is 0 Å². The molecular weight excluding hydrogens is 196 g/mol. The molecule has 16 heavy (non-hydrogen) atoms. The van der Waals surface area contributed by atoms with Crippen molar-refractivity contribution in [2.45, 2.75) is 47.0 Å². The van der Waals surface area contributed by atoms with Gasteiger partial charge in [0.25, 0.3) is 0 Å². The Morgan fingerprint density at radius 3 is 2.69 bits per heavy atom. The Kier molecular flexibility index (Phi) is 1.85. The van der Waals surface area contributed by atoms with Crippen molar-refractivity contribution in [2.75, 3.05) is 0 Å². The highest BCUT2D eigenvalue weighted by Gasteiger charge is 2.68. The molecule has 0 heterocycles. The van der Waals surface area contributed by atoms with Gasteiger partial charge < -0.3 is 0 Å². The molecule has 0 unspecified atom stereocenters. The molecule has 0 saturated heterocycles. The minimum absolute atomic E-state index is 0.320. The predicted molar refractivity (Wildman–Crippen MR) is 65.0 cm³/mol. The van der Waals surface area contributed by atoms with Gasteiger partial charge in [-0.1, -0.05) is 39.3 Å². The van der Waals surface area contributed by atoms with Crippen molar-refractivity contribution in [3.8, 4) is 0 Å². The van der Waals surface area contributed by atoms with Crippen LogP contribution in [0.5, 0.6) is 0 Å². The lowest BCUT2D eigenvalue weighted by atomic mass is 9.59. The van der Waals surface area contributed by atoms with E-state index in [-0.39, 0.29) is 0 Å². The van der Waals surface area contributed by atoms with Crippen LogP contribution in [0.4, 0.5) is 0 Å². The largest absolute Gasteiger partial charge is 0.299 e. The SMILES string of the molecule is C[C@@H]1CC(=O)CC2=CC[C@H]3[C@H](C3(C)C)[C@@]21C. The van der Waals surface area contributed by atoms with Gasteiger partial charge in [-0.25, -0.2) is 0 Å². The molecule has 1 nitrogen and oxygen atoms in total. The number of carbonyl (C=O) groups excluding carboxylic acids is 1. The fourth-order valence-electron chi connectivity index (χ4n) is 4.79. The summed E-state index contributed by atoms with van der Waals surface area (Å²) in [4.78, 5) is 11.7. The second-order valence-electron chi connectivity index (χ2n) is 6.97. The minimum atomic E-state index is 0.320. The highest BCUT2D eigenvalue weighted by Crippen LogP contribution is 2.74. The number of allylic oxidation sites excluding steroid dienone is 2. The van der Waals surface area contributed by atoms with Crippen molar-refractivity contribution < 1.29 is 4.79 Å². The molecule has 0 aromatic rings. The zero-order valence-corrected chi connectivity index (χ0v) is 10.8. The van der Waals surface area contributed by atoms with Gasteiger partial charge in [-0.15, -0.1) is 0 Å². The third kappa shape index (κ3) is 1.05. The van der Waals surface area contributed by atoms with E-state index in [1.165, 1.54) is 12.0 Å². The van der Waals surface area contributed by atoms with Gasteiger partial charge in [0.05, 0.1) is 0 Å². The van der Waals surface area contributed by atoms with Crippen LogP contribution >= 0.6 is 0 Å². The van der Waals surface area contributed by atoms with E-state index in [9.17, 15) is 4.79 Å². The van der Waals surface area contributed by atoms with Crippen molar-refractivity contribution in [3.63, 3.8) is 0 Å². The summed E-state index contributed by atoms with van der Waals surface area (Å²) in [6, 6.07) is 0. The molecule has 3 rings (SSSR count). The topological polar surface area (TPSA) is 17.1 Å². The first-order valence-electron chi connectivity index (χ1n) is 6.59. The van der Waals surface area contributed by atoms with Gasteiger partial charge in [-0.2, -0.15) is 0 Å². The highest BCUT2D eigenvalue weighted by molar-refractivity contribution is 5.83. The highest BCUT2D eigenvalue weighted by atomic mass is 16.1. The molecule has 0 amide bonds. The van der Waals surface area contributed by atoms with Crippen molar-refractivity contribution >= 4 is 5.78 Å². The zero-order chi connectivity index (χ0) is 11.7. The van der Waals surface area contributed by atoms with Crippen molar-refractivity contribution in [2.24, 2.45) is 28.6 Å². The van der Waals surface area contributed by atoms with E-state index in [0.29, 0.717) is 22.5 Å². The third-order valence-corrected chi connectivity index (χ3v) is 5.95. The summed E-state index contributed by atoms with van der Waals surface area (Å²) in [5, 5.41) is 0. The van der Waals surface area contributed by atoms with Crippen LogP contribution < -0.4 is 0 Å². The number of Topliss-reactive ketones (excluding diaryl/α,β-unsaturated/α-hetero) is 1. The van der Waals surface area contributed by atoms with Gasteiger partial charge in [0.15, 0.2) is 0 Å². The van der Waals surface area contributed by atoms with E-state index in [0.717, 1.165) is 24.7 Å². The quantitative estimate of drug-likeness (QED) is 0.568. The standard InChI is InChI=1S/C15H22O/c1-9-7-11(16)8-10-5-6-12-13(14(12,2)3)15(9,10)4/h5,9,12-13H,6-8H2,1-4H3/t9-,12+,13-,15-/m1/s1. The van der Waals surface area contributed by atoms with E-state index in [4.69, 9.17) is 0 Å². The summed E-state index contributed by atoms with van der Waals surface area (Å²) in [6.45, 7) is 9.52. The summed E-state index contributed by atoms with van der Waals surface area (Å²) in [6.07, 6.45) is 5.14. The van der Waals surface area contributed by atoms with Gasteiger partial charge in [0, 0.05) is 12.8 Å². The monoisotopic (exact) mass is 218 g/mol. The van der Waals surface area contributed by atoms with Crippen molar-refractivity contribution in [1.82, 2.24) is 0 Å². The molecule has 3 aliphatic rings. The maximum absolute atomic E-state index is 11.7. The number of hydrogen-bond donors (Lipinski definition) is 0. The third-order valence-electron chi connectivity index (χ3n) is 5.95. The number of hydrogen-bond acceptors (Lipinski definition) is 1. The number of ketones is 1. The predicted octanol–water partition coefficient (Wildman–Crippen LogP) is 3.59. The summed E-state index contributed by atoms with van der Waals surface area (Å²) < 4.78 is 0. The fraction of sp³-hybridized carbons (Fsp3) is 0.800. The van der Waals surface area contributed by atoms with E-state index in [1.54, 1.807) is 0 Å². The first kappa shape index (κ1) is 10.6. The molecule has 3 aliphatic carbocycles. The second kappa shape index (κ2) is 2.80. The summed E-state index contributed by atoms with van der Waals surface area (Å²) in [7, 11) is 0. The van der Waals surface area contributed by atoms with Crippen LogP contribution in [0.15, 0.2) is 11.6 Å². The Morgan fingerprint density at radius 2 is 2.00 bits per heavy atom. The zero-order valence-electron chi connectivity index (χ0n) is 10.8. The lowest BCUT2D eigenvalue weighted by Gasteiger charge is -2.44. The van der Waals surface area contributed by atoms with Gasteiger partial charge in [0.2, 0.25) is 0 Å². The first-order chi connectivity index (χ1) is 7.38. The molecule has 2 saturated carbocycles. The average Bonchev–Trinajstić information content (AvgIpc) is 2.73. The fourth-order valence-corrected chi connectivity index (χ4v) is 4.79. The molecule has 0 N–H and O–H groups in total. The Labute approximate surface area is 98.3 Å². The minimum Gasteiger partial charge on any atom is -0.299 e. The smallest absolute Gasteiger partial charge is 0.137 e. The van der Waals surface area contributed by atoms with E-state index in [2.05, 4.69) is 33.8 Å². The van der Waals surface area contributed by atoms with Crippen molar-refractivity contribution in [1.29, 1.82) is 0 Å².